The van der Waals surface area contributed by atoms with Crippen LogP contribution in [0, 0.1) is 5.92 Å². The second kappa shape index (κ2) is 6.85. The Labute approximate surface area is 167 Å². The normalized spacial score (nSPS) is 28.2. The maximum atomic E-state index is 13.2. The number of primary amides is 1. The van der Waals surface area contributed by atoms with Gasteiger partial charge in [-0.3, -0.25) is 9.59 Å². The predicted molar refractivity (Wildman–Crippen MR) is 101 cm³/mol. The van der Waals surface area contributed by atoms with E-state index in [-0.39, 0.29) is 17.7 Å². The first-order chi connectivity index (χ1) is 13.8. The lowest BCUT2D eigenvalue weighted by Crippen LogP contribution is -2.54. The third-order valence-electron chi connectivity index (χ3n) is 5.53. The Bertz CT molecular complexity index is 1050. The second-order valence-electron chi connectivity index (χ2n) is 7.16. The number of hydrogen-bond acceptors (Lipinski definition) is 6. The lowest BCUT2D eigenvalue weighted by molar-refractivity contribution is -0.155. The van der Waals surface area contributed by atoms with Crippen LogP contribution in [0.3, 0.4) is 0 Å². The van der Waals surface area contributed by atoms with Crippen molar-refractivity contribution in [3.63, 3.8) is 0 Å². The number of para-hydroxylation sites is 1. The lowest BCUT2D eigenvalue weighted by Gasteiger charge is -2.30. The summed E-state index contributed by atoms with van der Waals surface area (Å²) in [7, 11) is -4.09. The van der Waals surface area contributed by atoms with E-state index in [1.807, 2.05) is 18.2 Å². The van der Waals surface area contributed by atoms with Crippen molar-refractivity contribution in [3.8, 4) is 11.5 Å². The van der Waals surface area contributed by atoms with Gasteiger partial charge >= 0.3 is 5.97 Å². The van der Waals surface area contributed by atoms with Gasteiger partial charge in [0.05, 0.1) is 11.0 Å². The average Bonchev–Trinajstić information content (AvgIpc) is 3.28. The van der Waals surface area contributed by atoms with Gasteiger partial charge in [0.2, 0.25) is 0 Å². The molecule has 4 unspecified atom stereocenters. The maximum Gasteiger partial charge on any atom is 0.311 e. The molecule has 2 aromatic carbocycles. The Kier molecular flexibility index (Phi) is 4.59. The molecule has 152 valence electrons. The lowest BCUT2D eigenvalue weighted by atomic mass is 9.77. The number of rotatable bonds is 6. The Balaban J connectivity index is 1.64. The number of fused-ring (bicyclic) bond motifs is 2. The van der Waals surface area contributed by atoms with Crippen LogP contribution < -0.4 is 10.5 Å². The molecular weight excluding hydrogens is 398 g/mol. The molecule has 2 bridgehead atoms. The van der Waals surface area contributed by atoms with E-state index in [1.54, 1.807) is 12.1 Å². The summed E-state index contributed by atoms with van der Waals surface area (Å²) in [6, 6.07) is 14.7. The molecule has 0 aromatic heterocycles. The van der Waals surface area contributed by atoms with Gasteiger partial charge in [-0.2, -0.15) is 0 Å². The van der Waals surface area contributed by atoms with Gasteiger partial charge in [0.25, 0.3) is 5.91 Å². The minimum Gasteiger partial charge on any atom is -0.481 e. The standard InChI is InChI=1S/C20H19NO7S/c21-19(24)20-11-10-15(28-20)17(16(20)18(22)23)29(25,26)14-8-6-13(7-9-14)27-12-4-2-1-3-5-12/h1-9,15-17H,10-11H2,(H2,21,24)(H,22,23). The SMILES string of the molecule is NC(=O)C12CCC(O1)C(S(=O)(=O)c1ccc(Oc3ccccc3)cc1)C2C(=O)O. The van der Waals surface area contributed by atoms with Crippen LogP contribution in [0.25, 0.3) is 0 Å². The molecule has 0 saturated carbocycles. The van der Waals surface area contributed by atoms with Gasteiger partial charge in [-0.05, 0) is 49.2 Å². The molecule has 0 radical (unpaired) electrons. The molecule has 2 fully saturated rings. The second-order valence-corrected chi connectivity index (χ2v) is 9.27. The van der Waals surface area contributed by atoms with E-state index in [0.29, 0.717) is 11.5 Å². The number of nitrogens with two attached hydrogens (primary N) is 1. The van der Waals surface area contributed by atoms with E-state index in [2.05, 4.69) is 0 Å². The minimum atomic E-state index is -4.09. The zero-order valence-corrected chi connectivity index (χ0v) is 16.0. The summed E-state index contributed by atoms with van der Waals surface area (Å²) < 4.78 is 37.7. The van der Waals surface area contributed by atoms with E-state index in [9.17, 15) is 23.1 Å². The number of carboxylic acids is 1. The van der Waals surface area contributed by atoms with Gasteiger partial charge in [0.1, 0.15) is 22.7 Å². The highest BCUT2D eigenvalue weighted by molar-refractivity contribution is 7.92. The number of sulfone groups is 1. The third kappa shape index (κ3) is 3.06. The maximum absolute atomic E-state index is 13.2. The van der Waals surface area contributed by atoms with Crippen molar-refractivity contribution < 1.29 is 32.6 Å². The average molecular weight is 417 g/mol. The molecule has 2 aliphatic heterocycles. The van der Waals surface area contributed by atoms with Gasteiger partial charge in [-0.1, -0.05) is 18.2 Å². The van der Waals surface area contributed by atoms with E-state index in [1.165, 1.54) is 24.3 Å². The number of hydrogen-bond donors (Lipinski definition) is 2. The minimum absolute atomic E-state index is 0.0649. The van der Waals surface area contributed by atoms with Crippen molar-refractivity contribution in [2.45, 2.75) is 34.7 Å². The summed E-state index contributed by atoms with van der Waals surface area (Å²) in [5.74, 6) is -2.88. The fourth-order valence-corrected chi connectivity index (χ4v) is 6.33. The van der Waals surface area contributed by atoms with Gasteiger partial charge in [0.15, 0.2) is 15.4 Å². The van der Waals surface area contributed by atoms with E-state index in [0.717, 1.165) is 0 Å². The van der Waals surface area contributed by atoms with Crippen molar-refractivity contribution >= 4 is 21.7 Å². The fraction of sp³-hybridized carbons (Fsp3) is 0.300. The van der Waals surface area contributed by atoms with E-state index < -0.39 is 44.6 Å². The first kappa shape index (κ1) is 19.4. The number of amides is 1. The molecule has 2 saturated heterocycles. The molecule has 4 atom stereocenters. The number of carbonyl (C=O) groups is 2. The molecule has 3 N–H and O–H groups in total. The van der Waals surface area contributed by atoms with Gasteiger partial charge in [-0.25, -0.2) is 8.42 Å². The summed E-state index contributed by atoms with van der Waals surface area (Å²) in [5.41, 5.74) is 3.61. The van der Waals surface area contributed by atoms with Crippen LogP contribution in [-0.2, 0) is 24.2 Å². The van der Waals surface area contributed by atoms with Crippen molar-refractivity contribution in [3.05, 3.63) is 54.6 Å². The molecule has 1 amide bonds. The zero-order chi connectivity index (χ0) is 20.8. The molecule has 0 aliphatic carbocycles. The summed E-state index contributed by atoms with van der Waals surface area (Å²) in [6.07, 6.45) is -0.542. The highest BCUT2D eigenvalue weighted by atomic mass is 32.2. The first-order valence-electron chi connectivity index (χ1n) is 9.03. The van der Waals surface area contributed by atoms with Gasteiger partial charge in [0, 0.05) is 0 Å². The highest BCUT2D eigenvalue weighted by Crippen LogP contribution is 2.51. The van der Waals surface area contributed by atoms with Crippen LogP contribution in [0.5, 0.6) is 11.5 Å². The molecule has 9 heteroatoms. The molecule has 8 nitrogen and oxygen atoms in total. The zero-order valence-electron chi connectivity index (χ0n) is 15.2. The van der Waals surface area contributed by atoms with Crippen LogP contribution in [-0.4, -0.2) is 42.4 Å². The Morgan fingerprint density at radius 2 is 1.69 bits per heavy atom. The molecular formula is C20H19NO7S. The Morgan fingerprint density at radius 3 is 2.28 bits per heavy atom. The molecule has 0 spiro atoms. The van der Waals surface area contributed by atoms with Crippen molar-refractivity contribution in [1.82, 2.24) is 0 Å². The summed E-state index contributed by atoms with van der Waals surface area (Å²) in [6.45, 7) is 0. The number of ether oxygens (including phenoxy) is 2. The van der Waals surface area contributed by atoms with Gasteiger partial charge < -0.3 is 20.3 Å². The van der Waals surface area contributed by atoms with E-state index in [4.69, 9.17) is 15.2 Å². The Hall–Kier alpha value is -2.91. The van der Waals surface area contributed by atoms with Crippen LogP contribution in [0.1, 0.15) is 12.8 Å². The smallest absolute Gasteiger partial charge is 0.311 e. The van der Waals surface area contributed by atoms with Gasteiger partial charge in [-0.15, -0.1) is 0 Å². The van der Waals surface area contributed by atoms with Crippen LogP contribution >= 0.6 is 0 Å². The summed E-state index contributed by atoms with van der Waals surface area (Å²) >= 11 is 0. The predicted octanol–water partition coefficient (Wildman–Crippen LogP) is 1.74. The van der Waals surface area contributed by atoms with Crippen molar-refractivity contribution in [2.24, 2.45) is 11.7 Å². The molecule has 2 aliphatic rings. The van der Waals surface area contributed by atoms with Crippen LogP contribution in [0.2, 0.25) is 0 Å². The van der Waals surface area contributed by atoms with E-state index >= 15 is 0 Å². The number of carbonyl (C=O) groups excluding carboxylic acids is 1. The molecule has 4 rings (SSSR count). The molecule has 29 heavy (non-hydrogen) atoms. The molecule has 2 aromatic rings. The third-order valence-corrected chi connectivity index (χ3v) is 7.75. The largest absolute Gasteiger partial charge is 0.481 e. The quantitative estimate of drug-likeness (QED) is 0.731. The monoisotopic (exact) mass is 417 g/mol. The number of carboxylic acid groups (broad SMARTS) is 1. The summed E-state index contributed by atoms with van der Waals surface area (Å²) in [5, 5.41) is 8.28. The number of benzene rings is 2. The number of aliphatic carboxylic acids is 1. The van der Waals surface area contributed by atoms with Crippen LogP contribution in [0.4, 0.5) is 0 Å². The summed E-state index contributed by atoms with van der Waals surface area (Å²) in [4.78, 5) is 23.8. The van der Waals surface area contributed by atoms with Crippen molar-refractivity contribution in [1.29, 1.82) is 0 Å². The van der Waals surface area contributed by atoms with Crippen molar-refractivity contribution in [2.75, 3.05) is 0 Å². The highest BCUT2D eigenvalue weighted by Gasteiger charge is 2.69. The fourth-order valence-electron chi connectivity index (χ4n) is 4.22. The molecule has 2 heterocycles. The topological polar surface area (TPSA) is 133 Å². The first-order valence-corrected chi connectivity index (χ1v) is 10.6. The Morgan fingerprint density at radius 1 is 1.07 bits per heavy atom. The van der Waals surface area contributed by atoms with Crippen LogP contribution in [0.15, 0.2) is 59.5 Å².